The number of imidazole rings is 1. The minimum absolute atomic E-state index is 0.0293. The van der Waals surface area contributed by atoms with Crippen molar-refractivity contribution in [3.8, 4) is 11.6 Å². The number of aliphatic hydroxyl groups is 1. The van der Waals surface area contributed by atoms with Gasteiger partial charge in [-0.05, 0) is 223 Å². The summed E-state index contributed by atoms with van der Waals surface area (Å²) in [5, 5.41) is 56.4. The van der Waals surface area contributed by atoms with Crippen molar-refractivity contribution >= 4 is 181 Å². The van der Waals surface area contributed by atoms with Gasteiger partial charge in [-0.25, -0.2) is 24.2 Å². The van der Waals surface area contributed by atoms with Crippen LogP contribution in [-0.4, -0.2) is 203 Å². The van der Waals surface area contributed by atoms with Crippen molar-refractivity contribution < 1.29 is 66.8 Å². The lowest BCUT2D eigenvalue weighted by atomic mass is 10.0. The molecule has 4 aromatic carbocycles. The van der Waals surface area contributed by atoms with Gasteiger partial charge in [0.2, 0.25) is 23.5 Å². The van der Waals surface area contributed by atoms with E-state index < -0.39 is 46.8 Å². The molecule has 0 saturated carbocycles. The summed E-state index contributed by atoms with van der Waals surface area (Å²) in [6, 6.07) is 27.4. The van der Waals surface area contributed by atoms with Crippen LogP contribution >= 0.6 is 92.8 Å². The number of carbonyl (C=O) groups is 8. The highest BCUT2D eigenvalue weighted by Gasteiger charge is 2.41. The van der Waals surface area contributed by atoms with Gasteiger partial charge < -0.3 is 59.1 Å². The van der Waals surface area contributed by atoms with Crippen LogP contribution in [0.3, 0.4) is 0 Å². The lowest BCUT2D eigenvalue weighted by molar-refractivity contribution is -0.123. The zero-order chi connectivity index (χ0) is 105. The van der Waals surface area contributed by atoms with Crippen LogP contribution in [0.15, 0.2) is 120 Å². The molecule has 0 fully saturated rings. The van der Waals surface area contributed by atoms with Gasteiger partial charge in [0.1, 0.15) is 34.5 Å². The van der Waals surface area contributed by atoms with Gasteiger partial charge in [-0.3, -0.25) is 50.1 Å². The molecule has 4 atom stereocenters. The summed E-state index contributed by atoms with van der Waals surface area (Å²) in [6.07, 6.45) is 5.02. The number of nitrogens with two attached hydrogens (primary N) is 3. The van der Waals surface area contributed by atoms with Crippen molar-refractivity contribution in [1.29, 1.82) is 0 Å². The SMILES string of the molecule is CC(C)C(=O)NCC(=O)c1cc2c(nn1)N(C(=O)OC(C)(C)C)CCN2C(C)c1cc(Cl)ccc1Cl.CC(C)C(=O)n1ccnc1.CC(C)c1nnc(-c2cc3c(nn2)CCCN3C(C)c2cc(Cl)ccc2Cl)o1.CC(c1cc(Cl)ccc1Cl)N1CCN(C(=O)OC(C)(C)C)c2nnc(C(=O)CN)cc21.CCO.COC(=O)c1cc2c(nn1)N(C(=O)OC(C)(C)C)CCN2C(C)c1cc(Cl)ccc1Cl.NN. The highest BCUT2D eigenvalue weighted by Crippen LogP contribution is 2.45. The molecule has 0 bridgehead atoms. The summed E-state index contributed by atoms with van der Waals surface area (Å²) >= 11 is 50.6. The number of ether oxygens (including phenoxy) is 4. The zero-order valence-electron chi connectivity index (χ0n) is 82.5. The molecule has 0 spiro atoms. The van der Waals surface area contributed by atoms with Crippen molar-refractivity contribution in [2.45, 2.75) is 198 Å². The molecule has 4 unspecified atom stereocenters. The molecule has 45 heteroatoms. The number of benzene rings is 4. The maximum Gasteiger partial charge on any atom is 0.416 e. The number of nitrogens with one attached hydrogen (secondary N) is 1. The van der Waals surface area contributed by atoms with E-state index >= 15 is 0 Å². The monoisotopic (exact) mass is 2100 g/mol. The molecule has 6 aromatic heterocycles. The van der Waals surface area contributed by atoms with Crippen molar-refractivity contribution in [1.82, 2.24) is 65.9 Å². The lowest BCUT2D eigenvalue weighted by Gasteiger charge is -2.40. The lowest BCUT2D eigenvalue weighted by Crippen LogP contribution is -2.47. The smallest absolute Gasteiger partial charge is 0.416 e. The molecule has 8 N–H and O–H groups in total. The van der Waals surface area contributed by atoms with Crippen molar-refractivity contribution in [3.63, 3.8) is 0 Å². The third-order valence-electron chi connectivity index (χ3n) is 21.5. The molecule has 4 aliphatic rings. The van der Waals surface area contributed by atoms with E-state index in [4.69, 9.17) is 127 Å². The molecule has 4 aliphatic heterocycles. The van der Waals surface area contributed by atoms with Crippen LogP contribution in [0.4, 0.5) is 54.6 Å². The molecule has 0 aliphatic carbocycles. The third kappa shape index (κ3) is 31.1. The molecular formula is C96H121Cl8N23O14. The number of Topliss-reactive ketones (excluding diaryl/α,β-unsaturated/α-hetero) is 2. The Balaban J connectivity index is 0.000000219. The average Bonchev–Trinajstić information content (AvgIpc) is 0.966. The van der Waals surface area contributed by atoms with Gasteiger partial charge in [0, 0.05) is 129 Å². The molecule has 0 radical (unpaired) electrons. The number of anilines is 7. The topological polar surface area (TPSA) is 466 Å². The number of hydrogen-bond acceptors (Lipinski definition) is 32. The quantitative estimate of drug-likeness (QED) is 0.0175. The van der Waals surface area contributed by atoms with Gasteiger partial charge in [-0.1, -0.05) is 134 Å². The summed E-state index contributed by atoms with van der Waals surface area (Å²) in [4.78, 5) is 115. The standard InChI is InChI=1S/C25H31Cl2N5O4.C21H25Cl2N5O3.C21H24Cl2N4O4.C20H21Cl2N5O.C7H10N2O.C2H6O.H4N2/c1-14(2)23(34)28-13-21(33)19-12-20-22(30-29-19)32(24(35)36-25(4,5)6)10-9-31(20)15(3)17-11-16(26)7-8-18(17)27;1-12(14-9-13(22)5-6-15(14)23)27-7-8-28(20(30)31-21(2,3)4)19-17(27)10-16(25-26-19)18(29)11-24;1-12(14-10-13(22)6-7-15(14)23)26-8-9-27(20(29)31-21(2,3)4)18-17(26)11-16(24-25-18)19(28)30-5;1-11(2)19-25-26-20(28-19)17-10-18-16(23-24-17)5-4-8-27(18)12(3)14-9-13(21)6-7-15(14)22;1-6(2)7(10)9-4-3-8-5-9;1-2-3;1-2/h7-8,11-12,14-15H,9-10,13H2,1-6H3,(H,28,34);5-6,9-10,12H,7-8,11,24H2,1-4H3;6-7,10-12H,8-9H2,1-5H3;6-7,9-12H,4-5,8H2,1-3H3;3-6H,1-2H3;3H,2H2,1H3;1-2H2. The maximum atomic E-state index is 12.9. The first kappa shape index (κ1) is 115. The van der Waals surface area contributed by atoms with Crippen molar-refractivity contribution in [2.24, 2.45) is 29.3 Å². The fourth-order valence-electron chi connectivity index (χ4n) is 14.5. The van der Waals surface area contributed by atoms with E-state index in [2.05, 4.69) is 84.8 Å². The van der Waals surface area contributed by atoms with Gasteiger partial charge in [0.15, 0.2) is 34.6 Å². The molecule has 10 aromatic rings. The number of fused-ring (bicyclic) bond motifs is 4. The summed E-state index contributed by atoms with van der Waals surface area (Å²) in [5.41, 5.74) is 11.3. The van der Waals surface area contributed by atoms with Crippen molar-refractivity contribution in [3.05, 3.63) is 207 Å². The van der Waals surface area contributed by atoms with E-state index in [0.717, 1.165) is 53.0 Å². The predicted molar refractivity (Wildman–Crippen MR) is 549 cm³/mol. The van der Waals surface area contributed by atoms with E-state index in [0.29, 0.717) is 113 Å². The number of hydrazine groups is 1. The van der Waals surface area contributed by atoms with Gasteiger partial charge >= 0.3 is 24.2 Å². The molecular weight excluding hydrogens is 1980 g/mol. The minimum atomic E-state index is -0.700. The number of amides is 4. The second kappa shape index (κ2) is 51.6. The number of halogens is 8. The number of rotatable bonds is 18. The molecule has 37 nitrogen and oxygen atoms in total. The van der Waals surface area contributed by atoms with Crippen LogP contribution in [0.25, 0.3) is 11.6 Å². The van der Waals surface area contributed by atoms with E-state index in [1.54, 1.807) is 174 Å². The van der Waals surface area contributed by atoms with Crippen LogP contribution in [0, 0.1) is 11.8 Å². The van der Waals surface area contributed by atoms with Gasteiger partial charge in [0.05, 0.1) is 72.8 Å². The Morgan fingerprint density at radius 3 is 1.16 bits per heavy atom. The Kier molecular flexibility index (Phi) is 42.0. The van der Waals surface area contributed by atoms with E-state index in [-0.39, 0.29) is 114 Å². The Bertz CT molecular complexity index is 5860. The van der Waals surface area contributed by atoms with Crippen LogP contribution in [0.1, 0.15) is 245 Å². The predicted octanol–water partition coefficient (Wildman–Crippen LogP) is 19.7. The summed E-state index contributed by atoms with van der Waals surface area (Å²) in [7, 11) is 1.27. The number of hydrogen-bond donors (Lipinski definition) is 5. The molecule has 141 heavy (non-hydrogen) atoms. The Morgan fingerprint density at radius 1 is 0.461 bits per heavy atom. The third-order valence-corrected chi connectivity index (χ3v) is 23.8. The molecule has 760 valence electrons. The second-order valence-corrected chi connectivity index (χ2v) is 39.7. The number of nitrogens with zero attached hydrogens (tertiary/aromatic N) is 19. The number of aromatic nitrogens is 12. The molecule has 0 saturated heterocycles. The minimum Gasteiger partial charge on any atom is -0.464 e. The Morgan fingerprint density at radius 2 is 0.830 bits per heavy atom. The molecule has 4 amide bonds. The highest BCUT2D eigenvalue weighted by atomic mass is 35.5. The Labute approximate surface area is 860 Å². The van der Waals surface area contributed by atoms with E-state index in [1.807, 2.05) is 81.4 Å². The largest absolute Gasteiger partial charge is 0.464 e. The fourth-order valence-corrected chi connectivity index (χ4v) is 16.3. The first-order chi connectivity index (χ1) is 66.4. The maximum absolute atomic E-state index is 12.9. The van der Waals surface area contributed by atoms with E-state index in [9.17, 15) is 38.4 Å². The number of ketones is 2. The second-order valence-electron chi connectivity index (χ2n) is 36.3. The summed E-state index contributed by atoms with van der Waals surface area (Å²) in [5.74, 6) is 8.24. The van der Waals surface area contributed by atoms with Crippen molar-refractivity contribution in [2.75, 3.05) is 107 Å². The number of esters is 1. The first-order valence-electron chi connectivity index (χ1n) is 45.2. The summed E-state index contributed by atoms with van der Waals surface area (Å²) in [6.45, 7) is 40.0. The van der Waals surface area contributed by atoms with Crippen LogP contribution < -0.4 is 57.0 Å². The number of methoxy groups -OCH3 is 1. The highest BCUT2D eigenvalue weighted by molar-refractivity contribution is 6.35. The average molecular weight is 2100 g/mol. The Hall–Kier alpha value is -11.3. The molecule has 10 heterocycles. The normalized spacial score (nSPS) is 14.0. The van der Waals surface area contributed by atoms with E-state index in [1.165, 1.54) is 32.7 Å². The molecule has 14 rings (SSSR count). The fraction of sp³-hybridized carbons (Fsp3) is 0.448. The summed E-state index contributed by atoms with van der Waals surface area (Å²) < 4.78 is 28.6. The van der Waals surface area contributed by atoms with Gasteiger partial charge in [-0.2, -0.15) is 5.10 Å². The number of carbonyl (C=O) groups excluding carboxylic acids is 8. The van der Waals surface area contributed by atoms with Gasteiger partial charge in [0.25, 0.3) is 5.89 Å². The first-order valence-corrected chi connectivity index (χ1v) is 48.2. The van der Waals surface area contributed by atoms with Crippen LogP contribution in [0.5, 0.6) is 0 Å². The van der Waals surface area contributed by atoms with Crippen LogP contribution in [0.2, 0.25) is 40.2 Å². The van der Waals surface area contributed by atoms with Crippen LogP contribution in [-0.2, 0) is 30.2 Å². The zero-order valence-corrected chi connectivity index (χ0v) is 88.6. The van der Waals surface area contributed by atoms with Gasteiger partial charge in [-0.15, -0.1) is 45.9 Å². The number of aryl methyl sites for hydroxylation is 1. The number of aliphatic hydroxyl groups excluding tert-OH is 1.